The van der Waals surface area contributed by atoms with Gasteiger partial charge in [-0.15, -0.1) is 12.4 Å². The summed E-state index contributed by atoms with van der Waals surface area (Å²) in [5.74, 6) is -0.304. The maximum absolute atomic E-state index is 12.8. The highest BCUT2D eigenvalue weighted by Crippen LogP contribution is 2.14. The average molecular weight is 402 g/mol. The quantitative estimate of drug-likeness (QED) is 0.685. The summed E-state index contributed by atoms with van der Waals surface area (Å²) in [6.45, 7) is 7.02. The van der Waals surface area contributed by atoms with Gasteiger partial charge in [0.25, 0.3) is 5.91 Å². The molecule has 0 aromatic heterocycles. The van der Waals surface area contributed by atoms with Crippen LogP contribution in [-0.4, -0.2) is 36.5 Å². The van der Waals surface area contributed by atoms with E-state index < -0.39 is 6.04 Å². The molecule has 2 rings (SSSR count). The fourth-order valence-electron chi connectivity index (χ4n) is 3.08. The van der Waals surface area contributed by atoms with E-state index in [0.29, 0.717) is 16.6 Å². The van der Waals surface area contributed by atoms with Crippen LogP contribution in [0.2, 0.25) is 5.02 Å². The van der Waals surface area contributed by atoms with Gasteiger partial charge in [0.05, 0.1) is 0 Å². The second-order valence-electron chi connectivity index (χ2n) is 6.93. The van der Waals surface area contributed by atoms with Crippen molar-refractivity contribution in [1.29, 1.82) is 0 Å². The fourth-order valence-corrected chi connectivity index (χ4v) is 3.21. The number of nitrogens with one attached hydrogen (secondary N) is 3. The van der Waals surface area contributed by atoms with E-state index in [1.807, 2.05) is 13.8 Å². The molecule has 26 heavy (non-hydrogen) atoms. The Labute approximate surface area is 167 Å². The minimum atomic E-state index is -0.543. The highest BCUT2D eigenvalue weighted by atomic mass is 35.5. The minimum Gasteiger partial charge on any atom is -0.351 e. The monoisotopic (exact) mass is 401 g/mol. The zero-order chi connectivity index (χ0) is 18.4. The molecule has 0 bridgehead atoms. The van der Waals surface area contributed by atoms with E-state index in [1.165, 1.54) is 0 Å². The zero-order valence-corrected chi connectivity index (χ0v) is 17.1. The van der Waals surface area contributed by atoms with Crippen LogP contribution < -0.4 is 16.0 Å². The van der Waals surface area contributed by atoms with Crippen LogP contribution >= 0.6 is 24.0 Å². The topological polar surface area (TPSA) is 70.2 Å². The first-order valence-electron chi connectivity index (χ1n) is 9.00. The number of benzene rings is 1. The van der Waals surface area contributed by atoms with Gasteiger partial charge in [-0.05, 0) is 56.5 Å². The lowest BCUT2D eigenvalue weighted by atomic mass is 9.95. The van der Waals surface area contributed by atoms with E-state index in [2.05, 4.69) is 22.9 Å². The van der Waals surface area contributed by atoms with Gasteiger partial charge >= 0.3 is 0 Å². The third-order valence-corrected chi connectivity index (χ3v) is 5.11. The first kappa shape index (κ1) is 22.7. The standard InChI is InChI=1S/C19H28ClN3O2.ClH/c1-4-12(2)17(19(25)22-16-9-10-21-13(3)11-16)23-18(24)14-5-7-15(20)8-6-14;/h5-8,12-13,16-17,21H,4,9-11H2,1-3H3,(H,22,25)(H,23,24);1H. The molecule has 0 spiro atoms. The smallest absolute Gasteiger partial charge is 0.251 e. The normalized spacial score (nSPS) is 21.8. The van der Waals surface area contributed by atoms with Gasteiger partial charge in [0.15, 0.2) is 0 Å². The van der Waals surface area contributed by atoms with Crippen molar-refractivity contribution in [3.05, 3.63) is 34.9 Å². The average Bonchev–Trinajstić information content (AvgIpc) is 2.59. The molecular formula is C19H29Cl2N3O2. The van der Waals surface area contributed by atoms with E-state index in [0.717, 1.165) is 25.8 Å². The molecule has 0 aliphatic carbocycles. The number of rotatable bonds is 6. The Morgan fingerprint density at radius 3 is 2.54 bits per heavy atom. The van der Waals surface area contributed by atoms with Gasteiger partial charge in [-0.25, -0.2) is 0 Å². The number of hydrogen-bond acceptors (Lipinski definition) is 3. The molecule has 1 aliphatic heterocycles. The molecule has 2 amide bonds. The SMILES string of the molecule is CCC(C)C(NC(=O)c1ccc(Cl)cc1)C(=O)NC1CCNC(C)C1.Cl. The van der Waals surface area contributed by atoms with Crippen molar-refractivity contribution in [3.63, 3.8) is 0 Å². The van der Waals surface area contributed by atoms with Crippen LogP contribution in [0.25, 0.3) is 0 Å². The third-order valence-electron chi connectivity index (χ3n) is 4.86. The molecule has 4 unspecified atom stereocenters. The molecular weight excluding hydrogens is 373 g/mol. The zero-order valence-electron chi connectivity index (χ0n) is 15.5. The number of carbonyl (C=O) groups excluding carboxylic acids is 2. The second-order valence-corrected chi connectivity index (χ2v) is 7.37. The molecule has 1 aromatic carbocycles. The highest BCUT2D eigenvalue weighted by Gasteiger charge is 2.29. The van der Waals surface area contributed by atoms with Crippen molar-refractivity contribution in [2.75, 3.05) is 6.54 Å². The Kier molecular flexibility index (Phi) is 9.41. The molecule has 0 radical (unpaired) electrons. The Bertz CT molecular complexity index is 595. The van der Waals surface area contributed by atoms with Crippen LogP contribution in [0.15, 0.2) is 24.3 Å². The lowest BCUT2D eigenvalue weighted by molar-refractivity contribution is -0.125. The highest BCUT2D eigenvalue weighted by molar-refractivity contribution is 6.30. The molecule has 7 heteroatoms. The Morgan fingerprint density at radius 2 is 1.96 bits per heavy atom. The lowest BCUT2D eigenvalue weighted by Crippen LogP contribution is -2.55. The second kappa shape index (κ2) is 10.8. The van der Waals surface area contributed by atoms with E-state index in [1.54, 1.807) is 24.3 Å². The Balaban J connectivity index is 0.00000338. The summed E-state index contributed by atoms with van der Waals surface area (Å²) in [7, 11) is 0. The molecule has 4 atom stereocenters. The summed E-state index contributed by atoms with van der Waals surface area (Å²) in [5, 5.41) is 9.96. The van der Waals surface area contributed by atoms with Crippen molar-refractivity contribution < 1.29 is 9.59 Å². The molecule has 1 saturated heterocycles. The van der Waals surface area contributed by atoms with Crippen LogP contribution in [0.3, 0.4) is 0 Å². The first-order valence-corrected chi connectivity index (χ1v) is 9.38. The van der Waals surface area contributed by atoms with Gasteiger partial charge < -0.3 is 16.0 Å². The summed E-state index contributed by atoms with van der Waals surface area (Å²) in [5.41, 5.74) is 0.501. The molecule has 0 saturated carbocycles. The molecule has 146 valence electrons. The summed E-state index contributed by atoms with van der Waals surface area (Å²) < 4.78 is 0. The van der Waals surface area contributed by atoms with Gasteiger partial charge in [0.2, 0.25) is 5.91 Å². The Hall–Kier alpha value is -1.30. The van der Waals surface area contributed by atoms with E-state index in [9.17, 15) is 9.59 Å². The largest absolute Gasteiger partial charge is 0.351 e. The van der Waals surface area contributed by atoms with Gasteiger partial charge in [-0.2, -0.15) is 0 Å². The van der Waals surface area contributed by atoms with Gasteiger partial charge in [0, 0.05) is 22.7 Å². The number of amides is 2. The molecule has 5 nitrogen and oxygen atoms in total. The predicted octanol–water partition coefficient (Wildman–Crippen LogP) is 3.16. The number of piperidine rings is 1. The van der Waals surface area contributed by atoms with E-state index in [4.69, 9.17) is 11.6 Å². The van der Waals surface area contributed by atoms with Crippen LogP contribution in [0.1, 0.15) is 50.4 Å². The summed E-state index contributed by atoms with van der Waals surface area (Å²) in [4.78, 5) is 25.3. The van der Waals surface area contributed by atoms with Crippen molar-refractivity contribution >= 4 is 35.8 Å². The molecule has 3 N–H and O–H groups in total. The van der Waals surface area contributed by atoms with Gasteiger partial charge in [-0.1, -0.05) is 31.9 Å². The first-order chi connectivity index (χ1) is 11.9. The lowest BCUT2D eigenvalue weighted by Gasteiger charge is -2.31. The number of hydrogen-bond donors (Lipinski definition) is 3. The third kappa shape index (κ3) is 6.45. The van der Waals surface area contributed by atoms with Crippen molar-refractivity contribution in [2.24, 2.45) is 5.92 Å². The number of halogens is 2. The number of carbonyl (C=O) groups is 2. The van der Waals surface area contributed by atoms with Crippen LogP contribution in [0.5, 0.6) is 0 Å². The van der Waals surface area contributed by atoms with E-state index in [-0.39, 0.29) is 36.2 Å². The Morgan fingerprint density at radius 1 is 1.31 bits per heavy atom. The summed E-state index contributed by atoms with van der Waals surface area (Å²) >= 11 is 5.86. The van der Waals surface area contributed by atoms with Gasteiger partial charge in [-0.3, -0.25) is 9.59 Å². The maximum atomic E-state index is 12.8. The molecule has 1 aromatic rings. The summed E-state index contributed by atoms with van der Waals surface area (Å²) in [6.07, 6.45) is 2.63. The predicted molar refractivity (Wildman–Crippen MR) is 108 cm³/mol. The van der Waals surface area contributed by atoms with Crippen molar-refractivity contribution in [1.82, 2.24) is 16.0 Å². The van der Waals surface area contributed by atoms with Crippen LogP contribution in [0, 0.1) is 5.92 Å². The molecule has 1 fully saturated rings. The van der Waals surface area contributed by atoms with Crippen molar-refractivity contribution in [3.8, 4) is 0 Å². The van der Waals surface area contributed by atoms with Crippen LogP contribution in [0.4, 0.5) is 0 Å². The minimum absolute atomic E-state index is 0. The molecule has 1 aliphatic rings. The van der Waals surface area contributed by atoms with Crippen molar-refractivity contribution in [2.45, 2.75) is 58.2 Å². The maximum Gasteiger partial charge on any atom is 0.251 e. The van der Waals surface area contributed by atoms with Gasteiger partial charge in [0.1, 0.15) is 6.04 Å². The van der Waals surface area contributed by atoms with Crippen LogP contribution in [-0.2, 0) is 4.79 Å². The fraction of sp³-hybridized carbons (Fsp3) is 0.579. The van der Waals surface area contributed by atoms with E-state index >= 15 is 0 Å². The molecule has 1 heterocycles. The summed E-state index contributed by atoms with van der Waals surface area (Å²) in [6, 6.07) is 6.68.